The van der Waals surface area contributed by atoms with E-state index in [1.807, 2.05) is 0 Å². The zero-order valence-corrected chi connectivity index (χ0v) is 17.6. The number of urea groups is 1. The standard InChI is InChI=1S/C22H27F2N3O5/c23-22(24)9-13-27(14-10-22)21(31)26-12-11-25-19(28)15-1-5-17(6-2-15)32-18-7-3-16(4-8-18)20(29)30/h1-3,5-6,18H,4,7-14H2,(H,25,28)(H,26,31)(H,29,30)/t18-/m1/s1. The van der Waals surface area contributed by atoms with Crippen molar-refractivity contribution in [3.63, 3.8) is 0 Å². The minimum absolute atomic E-state index is 0.0114. The zero-order valence-electron chi connectivity index (χ0n) is 17.6. The number of carboxylic acid groups (broad SMARTS) is 1. The lowest BCUT2D eigenvalue weighted by atomic mass is 9.97. The molecule has 1 aromatic carbocycles. The SMILES string of the molecule is O=C(O)C1=CC[C@@H](Oc2ccc(C(=O)NCCNC(=O)N3CCC(F)(F)CC3)cc2)CC1. The van der Waals surface area contributed by atoms with Crippen molar-refractivity contribution in [2.75, 3.05) is 26.2 Å². The Bertz CT molecular complexity index is 863. The molecule has 3 amide bonds. The third kappa shape index (κ3) is 6.66. The van der Waals surface area contributed by atoms with Gasteiger partial charge in [0.25, 0.3) is 11.8 Å². The van der Waals surface area contributed by atoms with Crippen molar-refractivity contribution in [1.82, 2.24) is 15.5 Å². The highest BCUT2D eigenvalue weighted by atomic mass is 19.3. The number of ether oxygens (including phenoxy) is 1. The van der Waals surface area contributed by atoms with Gasteiger partial charge in [-0.25, -0.2) is 18.4 Å². The third-order valence-corrected chi connectivity index (χ3v) is 5.53. The number of likely N-dealkylation sites (tertiary alicyclic amines) is 1. The Morgan fingerprint density at radius 2 is 1.75 bits per heavy atom. The van der Waals surface area contributed by atoms with Gasteiger partial charge in [-0.1, -0.05) is 6.08 Å². The molecule has 2 aliphatic rings. The maximum atomic E-state index is 13.1. The molecule has 3 N–H and O–H groups in total. The van der Waals surface area contributed by atoms with Crippen molar-refractivity contribution in [2.24, 2.45) is 0 Å². The molecule has 1 aliphatic heterocycles. The number of carbonyl (C=O) groups is 3. The van der Waals surface area contributed by atoms with Crippen LogP contribution in [-0.4, -0.2) is 66.1 Å². The molecule has 0 unspecified atom stereocenters. The number of hydrogen-bond donors (Lipinski definition) is 3. The lowest BCUT2D eigenvalue weighted by Gasteiger charge is -2.31. The van der Waals surface area contributed by atoms with Crippen LogP contribution in [0.5, 0.6) is 5.75 Å². The number of alkyl halides is 2. The van der Waals surface area contributed by atoms with Crippen LogP contribution in [0.4, 0.5) is 13.6 Å². The number of aliphatic carboxylic acids is 1. The van der Waals surface area contributed by atoms with E-state index in [0.717, 1.165) is 0 Å². The van der Waals surface area contributed by atoms with E-state index < -0.39 is 17.9 Å². The summed E-state index contributed by atoms with van der Waals surface area (Å²) in [4.78, 5) is 36.5. The number of piperidine rings is 1. The molecular weight excluding hydrogens is 424 g/mol. The molecule has 0 radical (unpaired) electrons. The smallest absolute Gasteiger partial charge is 0.331 e. The van der Waals surface area contributed by atoms with Gasteiger partial charge in [0.2, 0.25) is 0 Å². The summed E-state index contributed by atoms with van der Waals surface area (Å²) in [7, 11) is 0. The van der Waals surface area contributed by atoms with Gasteiger partial charge in [0.1, 0.15) is 11.9 Å². The van der Waals surface area contributed by atoms with Crippen LogP contribution < -0.4 is 15.4 Å². The maximum Gasteiger partial charge on any atom is 0.331 e. The molecule has 32 heavy (non-hydrogen) atoms. The number of carbonyl (C=O) groups excluding carboxylic acids is 2. The second-order valence-electron chi connectivity index (χ2n) is 7.90. The third-order valence-electron chi connectivity index (χ3n) is 5.53. The first kappa shape index (κ1) is 23.5. The van der Waals surface area contributed by atoms with E-state index in [4.69, 9.17) is 9.84 Å². The predicted molar refractivity (Wildman–Crippen MR) is 112 cm³/mol. The fraction of sp³-hybridized carbons (Fsp3) is 0.500. The largest absolute Gasteiger partial charge is 0.490 e. The Labute approximate surface area is 184 Å². The van der Waals surface area contributed by atoms with Crippen LogP contribution in [0.2, 0.25) is 0 Å². The van der Waals surface area contributed by atoms with E-state index in [9.17, 15) is 23.2 Å². The van der Waals surface area contributed by atoms with Gasteiger partial charge in [-0.2, -0.15) is 0 Å². The van der Waals surface area contributed by atoms with Crippen molar-refractivity contribution in [3.8, 4) is 5.75 Å². The molecule has 0 saturated carbocycles. The van der Waals surface area contributed by atoms with Gasteiger partial charge in [0.05, 0.1) is 0 Å². The highest BCUT2D eigenvalue weighted by Crippen LogP contribution is 2.27. The number of nitrogens with zero attached hydrogens (tertiary/aromatic N) is 1. The van der Waals surface area contributed by atoms with Gasteiger partial charge < -0.3 is 25.4 Å². The van der Waals surface area contributed by atoms with E-state index >= 15 is 0 Å². The number of carboxylic acids is 1. The van der Waals surface area contributed by atoms with Crippen molar-refractivity contribution in [2.45, 2.75) is 44.1 Å². The number of amides is 3. The summed E-state index contributed by atoms with van der Waals surface area (Å²) < 4.78 is 32.1. The van der Waals surface area contributed by atoms with Gasteiger partial charge in [-0.05, 0) is 37.1 Å². The Kier molecular flexibility index (Phi) is 7.66. The fourth-order valence-electron chi connectivity index (χ4n) is 3.59. The Morgan fingerprint density at radius 1 is 1.09 bits per heavy atom. The van der Waals surface area contributed by atoms with Crippen LogP contribution in [0.25, 0.3) is 0 Å². The Morgan fingerprint density at radius 3 is 2.34 bits per heavy atom. The molecule has 3 rings (SSSR count). The van der Waals surface area contributed by atoms with Crippen LogP contribution in [0, 0.1) is 0 Å². The second kappa shape index (κ2) is 10.4. The molecule has 10 heteroatoms. The minimum Gasteiger partial charge on any atom is -0.490 e. The number of rotatable bonds is 7. The number of nitrogens with one attached hydrogen (secondary N) is 2. The topological polar surface area (TPSA) is 108 Å². The summed E-state index contributed by atoms with van der Waals surface area (Å²) in [5.74, 6) is -3.31. The number of halogens is 2. The molecular formula is C22H27F2N3O5. The normalized spacial score (nSPS) is 20.1. The quantitative estimate of drug-likeness (QED) is 0.553. The summed E-state index contributed by atoms with van der Waals surface area (Å²) in [5.41, 5.74) is 0.837. The summed E-state index contributed by atoms with van der Waals surface area (Å²) >= 11 is 0. The Hall–Kier alpha value is -3.17. The predicted octanol–water partition coefficient (Wildman–Crippen LogP) is 2.80. The monoisotopic (exact) mass is 451 g/mol. The van der Waals surface area contributed by atoms with E-state index in [1.165, 1.54) is 4.90 Å². The molecule has 174 valence electrons. The average Bonchev–Trinajstić information content (AvgIpc) is 2.77. The second-order valence-corrected chi connectivity index (χ2v) is 7.90. The lowest BCUT2D eigenvalue weighted by molar-refractivity contribution is -0.133. The fourth-order valence-corrected chi connectivity index (χ4v) is 3.59. The molecule has 0 aromatic heterocycles. The summed E-state index contributed by atoms with van der Waals surface area (Å²) in [6.07, 6.45) is 2.50. The van der Waals surface area contributed by atoms with E-state index in [2.05, 4.69) is 10.6 Å². The van der Waals surface area contributed by atoms with Crippen LogP contribution in [0.15, 0.2) is 35.9 Å². The highest BCUT2D eigenvalue weighted by molar-refractivity contribution is 5.94. The molecule has 8 nitrogen and oxygen atoms in total. The summed E-state index contributed by atoms with van der Waals surface area (Å²) in [6.45, 7) is 0.411. The molecule has 1 atom stereocenters. The Balaban J connectivity index is 1.36. The van der Waals surface area contributed by atoms with Crippen LogP contribution in [0.1, 0.15) is 42.5 Å². The lowest BCUT2D eigenvalue weighted by Crippen LogP contribution is -2.48. The van der Waals surface area contributed by atoms with E-state index in [-0.39, 0.29) is 51.0 Å². The van der Waals surface area contributed by atoms with Crippen molar-refractivity contribution < 1.29 is 33.0 Å². The van der Waals surface area contributed by atoms with Gasteiger partial charge in [-0.3, -0.25) is 4.79 Å². The van der Waals surface area contributed by atoms with Gasteiger partial charge in [0, 0.05) is 56.6 Å². The molecule has 1 fully saturated rings. The average molecular weight is 451 g/mol. The summed E-state index contributed by atoms with van der Waals surface area (Å²) in [5, 5.41) is 14.3. The van der Waals surface area contributed by atoms with Crippen LogP contribution >= 0.6 is 0 Å². The van der Waals surface area contributed by atoms with Crippen LogP contribution in [-0.2, 0) is 4.79 Å². The first-order valence-corrected chi connectivity index (χ1v) is 10.6. The molecule has 0 spiro atoms. The maximum absolute atomic E-state index is 13.1. The van der Waals surface area contributed by atoms with E-state index in [0.29, 0.717) is 36.1 Å². The zero-order chi connectivity index (χ0) is 23.1. The molecule has 1 heterocycles. The first-order chi connectivity index (χ1) is 15.2. The number of hydrogen-bond acceptors (Lipinski definition) is 4. The number of benzene rings is 1. The van der Waals surface area contributed by atoms with Gasteiger partial charge >= 0.3 is 12.0 Å². The van der Waals surface area contributed by atoms with E-state index in [1.54, 1.807) is 30.3 Å². The molecule has 1 aliphatic carbocycles. The van der Waals surface area contributed by atoms with Gasteiger partial charge in [-0.15, -0.1) is 0 Å². The molecule has 1 saturated heterocycles. The highest BCUT2D eigenvalue weighted by Gasteiger charge is 2.35. The van der Waals surface area contributed by atoms with Crippen molar-refractivity contribution in [3.05, 3.63) is 41.5 Å². The first-order valence-electron chi connectivity index (χ1n) is 10.6. The van der Waals surface area contributed by atoms with Crippen molar-refractivity contribution in [1.29, 1.82) is 0 Å². The van der Waals surface area contributed by atoms with Crippen molar-refractivity contribution >= 4 is 17.9 Å². The van der Waals surface area contributed by atoms with Gasteiger partial charge in [0.15, 0.2) is 0 Å². The molecule has 0 bridgehead atoms. The minimum atomic E-state index is -2.71. The summed E-state index contributed by atoms with van der Waals surface area (Å²) in [6, 6.07) is 6.19. The molecule has 1 aromatic rings. The van der Waals surface area contributed by atoms with Crippen LogP contribution in [0.3, 0.4) is 0 Å².